The first-order valence-electron chi connectivity index (χ1n) is 5.05. The van der Waals surface area contributed by atoms with E-state index in [0.29, 0.717) is 0 Å². The second-order valence-electron chi connectivity index (χ2n) is 3.42. The van der Waals surface area contributed by atoms with E-state index in [4.69, 9.17) is 5.73 Å². The molecule has 5 nitrogen and oxygen atoms in total. The maximum absolute atomic E-state index is 13.4. The highest BCUT2D eigenvalue weighted by atomic mass is 19.1. The lowest BCUT2D eigenvalue weighted by atomic mass is 10.0. The molecule has 0 spiro atoms. The van der Waals surface area contributed by atoms with Crippen molar-refractivity contribution < 1.29 is 24.1 Å². The molecule has 17 heavy (non-hydrogen) atoms. The fraction of sp³-hybridized carbons (Fsp3) is 0.364. The number of nitrogen functional groups attached to an aromatic ring is 1. The number of aliphatic hydroxyl groups is 2. The summed E-state index contributed by atoms with van der Waals surface area (Å²) in [6.45, 7) is 1.61. The average Bonchev–Trinajstić information content (AvgIpc) is 2.30. The van der Waals surface area contributed by atoms with Gasteiger partial charge in [-0.25, -0.2) is 9.18 Å². The van der Waals surface area contributed by atoms with Gasteiger partial charge in [-0.2, -0.15) is 0 Å². The summed E-state index contributed by atoms with van der Waals surface area (Å²) in [4.78, 5) is 11.2. The summed E-state index contributed by atoms with van der Waals surface area (Å²) in [5.74, 6) is -1.77. The van der Waals surface area contributed by atoms with Crippen LogP contribution in [0.1, 0.15) is 18.6 Å². The standard InChI is InChI=1S/C11H14FNO4/c1-2-17-11(16)10(15)9(14)7-5-6(13)3-4-8(7)12/h3-5,9-10,14-15H,2,13H2,1H3. The molecule has 0 bridgehead atoms. The predicted molar refractivity (Wildman–Crippen MR) is 58.4 cm³/mol. The van der Waals surface area contributed by atoms with Gasteiger partial charge in [-0.1, -0.05) is 0 Å². The monoisotopic (exact) mass is 243 g/mol. The van der Waals surface area contributed by atoms with Crippen molar-refractivity contribution in [3.8, 4) is 0 Å². The van der Waals surface area contributed by atoms with Crippen LogP contribution in [0.3, 0.4) is 0 Å². The third kappa shape index (κ3) is 3.15. The van der Waals surface area contributed by atoms with Crippen molar-refractivity contribution >= 4 is 11.7 Å². The van der Waals surface area contributed by atoms with Crippen LogP contribution in [0.25, 0.3) is 0 Å². The van der Waals surface area contributed by atoms with Crippen LogP contribution in [-0.4, -0.2) is 28.9 Å². The lowest BCUT2D eigenvalue weighted by molar-refractivity contribution is -0.159. The number of esters is 1. The van der Waals surface area contributed by atoms with E-state index in [1.54, 1.807) is 6.92 Å². The van der Waals surface area contributed by atoms with Gasteiger partial charge in [0.1, 0.15) is 11.9 Å². The molecular formula is C11H14FNO4. The number of rotatable bonds is 4. The van der Waals surface area contributed by atoms with E-state index >= 15 is 0 Å². The zero-order valence-electron chi connectivity index (χ0n) is 9.26. The smallest absolute Gasteiger partial charge is 0.338 e. The maximum atomic E-state index is 13.4. The molecule has 0 radical (unpaired) electrons. The largest absolute Gasteiger partial charge is 0.464 e. The Bertz CT molecular complexity index is 410. The van der Waals surface area contributed by atoms with Gasteiger partial charge in [0, 0.05) is 11.3 Å². The Morgan fingerprint density at radius 1 is 1.53 bits per heavy atom. The third-order valence-electron chi connectivity index (χ3n) is 2.17. The predicted octanol–water partition coefficient (Wildman–Crippen LogP) is 0.365. The Morgan fingerprint density at radius 2 is 2.18 bits per heavy atom. The first-order valence-corrected chi connectivity index (χ1v) is 5.05. The van der Waals surface area contributed by atoms with Gasteiger partial charge in [0.05, 0.1) is 6.61 Å². The quantitative estimate of drug-likeness (QED) is 0.524. The Morgan fingerprint density at radius 3 is 2.76 bits per heavy atom. The van der Waals surface area contributed by atoms with Gasteiger partial charge >= 0.3 is 5.97 Å². The number of carbonyl (C=O) groups is 1. The minimum absolute atomic E-state index is 0.0576. The van der Waals surface area contributed by atoms with E-state index in [1.165, 1.54) is 6.07 Å². The van der Waals surface area contributed by atoms with Crippen molar-refractivity contribution in [2.24, 2.45) is 0 Å². The minimum atomic E-state index is -1.84. The molecule has 4 N–H and O–H groups in total. The molecular weight excluding hydrogens is 229 g/mol. The summed E-state index contributed by atoms with van der Waals surface area (Å²) < 4.78 is 17.9. The Balaban J connectivity index is 2.91. The van der Waals surface area contributed by atoms with Crippen LogP contribution < -0.4 is 5.73 Å². The topological polar surface area (TPSA) is 92.8 Å². The number of carbonyl (C=O) groups excluding carboxylic acids is 1. The van der Waals surface area contributed by atoms with Crippen LogP contribution in [0.15, 0.2) is 18.2 Å². The molecule has 94 valence electrons. The van der Waals surface area contributed by atoms with Crippen molar-refractivity contribution in [2.45, 2.75) is 19.1 Å². The highest BCUT2D eigenvalue weighted by molar-refractivity contribution is 5.75. The number of benzene rings is 1. The van der Waals surface area contributed by atoms with E-state index in [1.807, 2.05) is 0 Å². The average molecular weight is 243 g/mol. The molecule has 0 heterocycles. The molecule has 0 aromatic heterocycles. The number of aliphatic hydroxyl groups excluding tert-OH is 2. The molecule has 6 heteroatoms. The van der Waals surface area contributed by atoms with Crippen molar-refractivity contribution in [2.75, 3.05) is 12.3 Å². The summed E-state index contributed by atoms with van der Waals surface area (Å²) in [5, 5.41) is 19.1. The SMILES string of the molecule is CCOC(=O)C(O)C(O)c1cc(N)ccc1F. The molecule has 2 unspecified atom stereocenters. The lowest BCUT2D eigenvalue weighted by Crippen LogP contribution is -2.30. The normalized spacial score (nSPS) is 14.1. The zero-order valence-corrected chi connectivity index (χ0v) is 9.26. The highest BCUT2D eigenvalue weighted by Gasteiger charge is 2.28. The van der Waals surface area contributed by atoms with E-state index < -0.39 is 24.0 Å². The number of halogens is 1. The van der Waals surface area contributed by atoms with E-state index in [0.717, 1.165) is 12.1 Å². The van der Waals surface area contributed by atoms with Gasteiger partial charge in [0.15, 0.2) is 6.10 Å². The van der Waals surface area contributed by atoms with Gasteiger partial charge in [-0.05, 0) is 25.1 Å². The molecule has 0 saturated heterocycles. The number of hydrogen-bond donors (Lipinski definition) is 3. The van der Waals surface area contributed by atoms with Gasteiger partial charge < -0.3 is 20.7 Å². The van der Waals surface area contributed by atoms with Crippen molar-refractivity contribution in [1.29, 1.82) is 0 Å². The van der Waals surface area contributed by atoms with Gasteiger partial charge in [-0.3, -0.25) is 0 Å². The Kier molecular flexibility index (Phi) is 4.42. The molecule has 0 aliphatic heterocycles. The molecule has 2 atom stereocenters. The van der Waals surface area contributed by atoms with Crippen LogP contribution in [0.2, 0.25) is 0 Å². The van der Waals surface area contributed by atoms with Crippen LogP contribution in [-0.2, 0) is 9.53 Å². The van der Waals surface area contributed by atoms with Crippen molar-refractivity contribution in [1.82, 2.24) is 0 Å². The number of nitrogens with two attached hydrogens (primary N) is 1. The zero-order chi connectivity index (χ0) is 13.0. The molecule has 0 fully saturated rings. The maximum Gasteiger partial charge on any atom is 0.338 e. The van der Waals surface area contributed by atoms with Crippen molar-refractivity contribution in [3.63, 3.8) is 0 Å². The lowest BCUT2D eigenvalue weighted by Gasteiger charge is -2.17. The van der Waals surface area contributed by atoms with E-state index in [2.05, 4.69) is 4.74 Å². The number of anilines is 1. The fourth-order valence-corrected chi connectivity index (χ4v) is 1.32. The van der Waals surface area contributed by atoms with E-state index in [-0.39, 0.29) is 17.9 Å². The molecule has 0 aliphatic carbocycles. The van der Waals surface area contributed by atoms with Crippen molar-refractivity contribution in [3.05, 3.63) is 29.6 Å². The van der Waals surface area contributed by atoms with Crippen LogP contribution in [0.4, 0.5) is 10.1 Å². The first-order chi connectivity index (χ1) is 7.97. The van der Waals surface area contributed by atoms with Crippen LogP contribution in [0, 0.1) is 5.82 Å². The summed E-state index contributed by atoms with van der Waals surface area (Å²) in [6.07, 6.45) is -3.55. The number of ether oxygens (including phenoxy) is 1. The molecule has 1 aromatic carbocycles. The molecule has 1 rings (SSSR count). The van der Waals surface area contributed by atoms with Gasteiger partial charge in [0.2, 0.25) is 0 Å². The first kappa shape index (κ1) is 13.4. The molecule has 0 aliphatic rings. The van der Waals surface area contributed by atoms with Crippen LogP contribution >= 0.6 is 0 Å². The second kappa shape index (κ2) is 5.60. The summed E-state index contributed by atoms with van der Waals surface area (Å²) in [7, 11) is 0. The molecule has 1 aromatic rings. The Hall–Kier alpha value is -1.66. The summed E-state index contributed by atoms with van der Waals surface area (Å²) in [6, 6.07) is 3.51. The van der Waals surface area contributed by atoms with Crippen LogP contribution in [0.5, 0.6) is 0 Å². The molecule has 0 saturated carbocycles. The minimum Gasteiger partial charge on any atom is -0.464 e. The van der Waals surface area contributed by atoms with Gasteiger partial charge in [-0.15, -0.1) is 0 Å². The van der Waals surface area contributed by atoms with E-state index in [9.17, 15) is 19.4 Å². The van der Waals surface area contributed by atoms with Gasteiger partial charge in [0.25, 0.3) is 0 Å². The summed E-state index contributed by atoms with van der Waals surface area (Å²) >= 11 is 0. The molecule has 0 amide bonds. The third-order valence-corrected chi connectivity index (χ3v) is 2.17. The summed E-state index contributed by atoms with van der Waals surface area (Å²) in [5.41, 5.74) is 5.40. The highest BCUT2D eigenvalue weighted by Crippen LogP contribution is 2.23. The number of hydrogen-bond acceptors (Lipinski definition) is 5. The fourth-order valence-electron chi connectivity index (χ4n) is 1.32. The Labute approximate surface area is 97.6 Å². The second-order valence-corrected chi connectivity index (χ2v) is 3.42.